The fraction of sp³-hybridized carbons (Fsp3) is 1.00. The SMILES string of the molecule is CNCC1CCC(CN2CCSC(C)C2C)O1. The van der Waals surface area contributed by atoms with Crippen LogP contribution in [0.4, 0.5) is 0 Å². The van der Waals surface area contributed by atoms with Gasteiger partial charge in [0.05, 0.1) is 12.2 Å². The quantitative estimate of drug-likeness (QED) is 0.827. The highest BCUT2D eigenvalue weighted by Gasteiger charge is 2.31. The molecule has 3 nitrogen and oxygen atoms in total. The topological polar surface area (TPSA) is 24.5 Å². The zero-order valence-electron chi connectivity index (χ0n) is 11.3. The van der Waals surface area contributed by atoms with E-state index in [9.17, 15) is 0 Å². The molecule has 2 heterocycles. The van der Waals surface area contributed by atoms with Crippen LogP contribution >= 0.6 is 11.8 Å². The van der Waals surface area contributed by atoms with Gasteiger partial charge < -0.3 is 10.1 Å². The van der Waals surface area contributed by atoms with Crippen LogP contribution in [0.5, 0.6) is 0 Å². The molecule has 4 atom stereocenters. The van der Waals surface area contributed by atoms with Gasteiger partial charge in [-0.2, -0.15) is 11.8 Å². The summed E-state index contributed by atoms with van der Waals surface area (Å²) < 4.78 is 6.08. The van der Waals surface area contributed by atoms with E-state index in [1.165, 1.54) is 25.1 Å². The van der Waals surface area contributed by atoms with Crippen LogP contribution in [0.2, 0.25) is 0 Å². The maximum absolute atomic E-state index is 6.08. The van der Waals surface area contributed by atoms with Crippen molar-refractivity contribution in [2.45, 2.75) is 50.2 Å². The molecule has 2 saturated heterocycles. The first-order valence-electron chi connectivity index (χ1n) is 6.86. The standard InChI is InChI=1S/C13H26N2OS/c1-10-11(2)17-7-6-15(10)9-13-5-4-12(16-13)8-14-3/h10-14H,4-9H2,1-3H3. The number of thioether (sulfide) groups is 1. The van der Waals surface area contributed by atoms with Gasteiger partial charge in [0.2, 0.25) is 0 Å². The second kappa shape index (κ2) is 6.41. The molecule has 2 aliphatic heterocycles. The molecule has 0 aromatic rings. The van der Waals surface area contributed by atoms with Gasteiger partial charge in [0.25, 0.3) is 0 Å². The molecule has 4 unspecified atom stereocenters. The van der Waals surface area contributed by atoms with E-state index in [1.807, 2.05) is 7.05 Å². The fourth-order valence-corrected chi connectivity index (χ4v) is 3.97. The summed E-state index contributed by atoms with van der Waals surface area (Å²) in [6.45, 7) is 8.06. The van der Waals surface area contributed by atoms with Crippen molar-refractivity contribution >= 4 is 11.8 Å². The second-order valence-corrected chi connectivity index (χ2v) is 6.81. The van der Waals surface area contributed by atoms with Gasteiger partial charge in [-0.1, -0.05) is 6.92 Å². The number of hydrogen-bond donors (Lipinski definition) is 1. The Hall–Kier alpha value is 0.230. The summed E-state index contributed by atoms with van der Waals surface area (Å²) in [6.07, 6.45) is 3.36. The van der Waals surface area contributed by atoms with Crippen molar-refractivity contribution in [1.29, 1.82) is 0 Å². The molecule has 1 N–H and O–H groups in total. The Labute approximate surface area is 110 Å². The highest BCUT2D eigenvalue weighted by molar-refractivity contribution is 8.00. The van der Waals surface area contributed by atoms with E-state index in [1.54, 1.807) is 0 Å². The monoisotopic (exact) mass is 258 g/mol. The lowest BCUT2D eigenvalue weighted by Gasteiger charge is -2.38. The lowest BCUT2D eigenvalue weighted by Crippen LogP contribution is -2.47. The molecule has 4 heteroatoms. The van der Waals surface area contributed by atoms with Crippen LogP contribution in [0, 0.1) is 0 Å². The number of likely N-dealkylation sites (N-methyl/N-ethyl adjacent to an activating group) is 1. The first-order valence-corrected chi connectivity index (χ1v) is 7.91. The molecule has 0 saturated carbocycles. The maximum atomic E-state index is 6.08. The van der Waals surface area contributed by atoms with Crippen LogP contribution in [-0.2, 0) is 4.74 Å². The number of rotatable bonds is 4. The van der Waals surface area contributed by atoms with Crippen molar-refractivity contribution < 1.29 is 4.74 Å². The minimum absolute atomic E-state index is 0.442. The van der Waals surface area contributed by atoms with E-state index >= 15 is 0 Å². The minimum atomic E-state index is 0.442. The van der Waals surface area contributed by atoms with Gasteiger partial charge in [0.1, 0.15) is 0 Å². The first-order chi connectivity index (χ1) is 8.20. The predicted molar refractivity (Wildman–Crippen MR) is 74.8 cm³/mol. The molecule has 0 bridgehead atoms. The summed E-state index contributed by atoms with van der Waals surface area (Å²) in [6, 6.07) is 0.695. The van der Waals surface area contributed by atoms with Crippen LogP contribution in [0.25, 0.3) is 0 Å². The normalized spacial score (nSPS) is 39.7. The molecule has 0 aromatic carbocycles. The smallest absolute Gasteiger partial charge is 0.0707 e. The summed E-state index contributed by atoms with van der Waals surface area (Å²) in [4.78, 5) is 2.62. The Bertz CT molecular complexity index is 239. The highest BCUT2D eigenvalue weighted by Crippen LogP contribution is 2.27. The molecule has 17 heavy (non-hydrogen) atoms. The zero-order valence-corrected chi connectivity index (χ0v) is 12.1. The molecular weight excluding hydrogens is 232 g/mol. The third-order valence-electron chi connectivity index (χ3n) is 4.08. The lowest BCUT2D eigenvalue weighted by atomic mass is 10.1. The molecule has 0 aromatic heterocycles. The third-order valence-corrected chi connectivity index (χ3v) is 5.42. The number of hydrogen-bond acceptors (Lipinski definition) is 4. The highest BCUT2D eigenvalue weighted by atomic mass is 32.2. The van der Waals surface area contributed by atoms with Gasteiger partial charge in [-0.3, -0.25) is 4.90 Å². The largest absolute Gasteiger partial charge is 0.372 e. The van der Waals surface area contributed by atoms with Gasteiger partial charge in [-0.25, -0.2) is 0 Å². The minimum Gasteiger partial charge on any atom is -0.372 e. The van der Waals surface area contributed by atoms with Crippen LogP contribution in [-0.4, -0.2) is 60.8 Å². The lowest BCUT2D eigenvalue weighted by molar-refractivity contribution is 0.0173. The van der Waals surface area contributed by atoms with E-state index in [0.717, 1.165) is 18.3 Å². The average Bonchev–Trinajstić information content (AvgIpc) is 2.73. The van der Waals surface area contributed by atoms with Gasteiger partial charge in [0.15, 0.2) is 0 Å². The van der Waals surface area contributed by atoms with E-state index in [4.69, 9.17) is 4.74 Å². The van der Waals surface area contributed by atoms with Crippen molar-refractivity contribution in [1.82, 2.24) is 10.2 Å². The summed E-state index contributed by atoms with van der Waals surface area (Å²) in [7, 11) is 2.00. The van der Waals surface area contributed by atoms with E-state index in [-0.39, 0.29) is 0 Å². The summed E-state index contributed by atoms with van der Waals surface area (Å²) in [5, 5.41) is 3.97. The third kappa shape index (κ3) is 3.60. The molecule has 0 radical (unpaired) electrons. The number of nitrogens with zero attached hydrogens (tertiary/aromatic N) is 1. The van der Waals surface area contributed by atoms with Crippen LogP contribution in [0.1, 0.15) is 26.7 Å². The molecule has 0 amide bonds. The molecule has 2 rings (SSSR count). The van der Waals surface area contributed by atoms with Crippen LogP contribution in [0.3, 0.4) is 0 Å². The Kier molecular flexibility index (Phi) is 5.15. The molecular formula is C13H26N2OS. The molecule has 0 aliphatic carbocycles. The van der Waals surface area contributed by atoms with Gasteiger partial charge in [-0.05, 0) is 26.8 Å². The Balaban J connectivity index is 1.77. The number of nitrogens with one attached hydrogen (secondary N) is 1. The van der Waals surface area contributed by atoms with Gasteiger partial charge in [-0.15, -0.1) is 0 Å². The summed E-state index contributed by atoms with van der Waals surface area (Å²) in [5.41, 5.74) is 0. The Morgan fingerprint density at radius 1 is 1.29 bits per heavy atom. The molecule has 2 fully saturated rings. The van der Waals surface area contributed by atoms with Crippen molar-refractivity contribution in [3.8, 4) is 0 Å². The molecule has 100 valence electrons. The van der Waals surface area contributed by atoms with E-state index < -0.39 is 0 Å². The van der Waals surface area contributed by atoms with Crippen molar-refractivity contribution in [3.05, 3.63) is 0 Å². The van der Waals surface area contributed by atoms with Crippen molar-refractivity contribution in [3.63, 3.8) is 0 Å². The zero-order chi connectivity index (χ0) is 12.3. The molecule has 0 spiro atoms. The summed E-state index contributed by atoms with van der Waals surface area (Å²) in [5.74, 6) is 1.28. The van der Waals surface area contributed by atoms with Gasteiger partial charge in [0, 0.05) is 36.7 Å². The second-order valence-electron chi connectivity index (χ2n) is 5.33. The fourth-order valence-electron chi connectivity index (χ4n) is 2.81. The van der Waals surface area contributed by atoms with Crippen LogP contribution < -0.4 is 5.32 Å². The Morgan fingerprint density at radius 3 is 2.82 bits per heavy atom. The first kappa shape index (κ1) is 13.7. The van der Waals surface area contributed by atoms with Crippen molar-refractivity contribution in [2.24, 2.45) is 0 Å². The van der Waals surface area contributed by atoms with Crippen LogP contribution in [0.15, 0.2) is 0 Å². The van der Waals surface area contributed by atoms with E-state index in [0.29, 0.717) is 18.2 Å². The number of ether oxygens (including phenoxy) is 1. The Morgan fingerprint density at radius 2 is 2.06 bits per heavy atom. The van der Waals surface area contributed by atoms with Gasteiger partial charge >= 0.3 is 0 Å². The van der Waals surface area contributed by atoms with E-state index in [2.05, 4.69) is 35.8 Å². The maximum Gasteiger partial charge on any atom is 0.0707 e. The predicted octanol–water partition coefficient (Wildman–Crippen LogP) is 1.58. The van der Waals surface area contributed by atoms with Crippen molar-refractivity contribution in [2.75, 3.05) is 32.4 Å². The molecule has 2 aliphatic rings. The summed E-state index contributed by atoms with van der Waals surface area (Å²) >= 11 is 2.10. The average molecular weight is 258 g/mol.